The van der Waals surface area contributed by atoms with Crippen LogP contribution >= 0.6 is 11.6 Å². The first kappa shape index (κ1) is 23.9. The summed E-state index contributed by atoms with van der Waals surface area (Å²) < 4.78 is 0. The standard InChI is InChI=1S/C22H24ClN3O8/c1-5-8-11(18(30)14(24)13(23)15(8)26(2)3)17(29)12-9(5)16(28)6-4-7(27)10(21(25)33)19(31)22(6,34)20(12)32/h5-6,9,16,28-31,34H,4,24H2,1-3H3,(H2,25,33)/t5-,6-,9-,16+,22-/m1/s1. The lowest BCUT2D eigenvalue weighted by Crippen LogP contribution is -2.64. The van der Waals surface area contributed by atoms with E-state index in [4.69, 9.17) is 23.1 Å². The molecule has 1 amide bonds. The van der Waals surface area contributed by atoms with Gasteiger partial charge in [-0.1, -0.05) is 18.5 Å². The van der Waals surface area contributed by atoms with Crippen LogP contribution in [0.4, 0.5) is 11.4 Å². The van der Waals surface area contributed by atoms with Crippen molar-refractivity contribution in [2.24, 2.45) is 17.6 Å². The monoisotopic (exact) mass is 493 g/mol. The van der Waals surface area contributed by atoms with Gasteiger partial charge in [-0.2, -0.15) is 0 Å². The van der Waals surface area contributed by atoms with Crippen molar-refractivity contribution in [1.82, 2.24) is 0 Å². The first-order chi connectivity index (χ1) is 15.7. The van der Waals surface area contributed by atoms with Gasteiger partial charge in [-0.25, -0.2) is 0 Å². The Hall–Kier alpha value is -3.28. The fraction of sp³-hybridized carbons (Fsp3) is 0.409. The van der Waals surface area contributed by atoms with E-state index in [0.717, 1.165) is 0 Å². The Labute approximate surface area is 198 Å². The molecular weight excluding hydrogens is 470 g/mol. The van der Waals surface area contributed by atoms with E-state index in [1.54, 1.807) is 25.9 Å². The Morgan fingerprint density at radius 3 is 2.32 bits per heavy atom. The van der Waals surface area contributed by atoms with Gasteiger partial charge in [0.25, 0.3) is 5.91 Å². The maximum Gasteiger partial charge on any atom is 0.255 e. The van der Waals surface area contributed by atoms with E-state index in [-0.39, 0.29) is 16.3 Å². The molecule has 1 saturated carbocycles. The van der Waals surface area contributed by atoms with Crippen molar-refractivity contribution in [2.75, 3.05) is 24.7 Å². The first-order valence-corrected chi connectivity index (χ1v) is 10.7. The number of hydrogen-bond acceptors (Lipinski definition) is 10. The number of carbonyl (C=O) groups excluding carboxylic acids is 3. The maximum atomic E-state index is 13.6. The van der Waals surface area contributed by atoms with Crippen LogP contribution in [0.3, 0.4) is 0 Å². The lowest BCUT2D eigenvalue weighted by molar-refractivity contribution is -0.160. The SMILES string of the molecule is C[C@@H]1c2c(c(O)c(N)c(Cl)c2N(C)C)C(O)=C2C(=O)[C@]3(O)C(O)=C(C(N)=O)C(=O)C[C@@H]3[C@H](O)[C@@H]21. The van der Waals surface area contributed by atoms with Gasteiger partial charge >= 0.3 is 0 Å². The fourth-order valence-corrected chi connectivity index (χ4v) is 5.96. The van der Waals surface area contributed by atoms with Gasteiger partial charge in [-0.15, -0.1) is 0 Å². The molecule has 1 aromatic rings. The number of aliphatic hydroxyl groups excluding tert-OH is 3. The third kappa shape index (κ3) is 2.68. The average Bonchev–Trinajstić information content (AvgIpc) is 2.74. The zero-order valence-electron chi connectivity index (χ0n) is 18.5. The molecule has 0 bridgehead atoms. The number of phenolic OH excluding ortho intramolecular Hbond substituents is 1. The molecule has 0 aliphatic heterocycles. The number of phenols is 1. The van der Waals surface area contributed by atoms with Crippen molar-refractivity contribution < 1.29 is 39.9 Å². The highest BCUT2D eigenvalue weighted by atomic mass is 35.5. The van der Waals surface area contributed by atoms with Gasteiger partial charge in [-0.05, 0) is 11.5 Å². The smallest absolute Gasteiger partial charge is 0.255 e. The highest BCUT2D eigenvalue weighted by Crippen LogP contribution is 2.59. The van der Waals surface area contributed by atoms with Crippen LogP contribution in [-0.2, 0) is 14.4 Å². The number of aliphatic hydroxyl groups is 4. The number of nitrogens with zero attached hydrogens (tertiary/aromatic N) is 1. The van der Waals surface area contributed by atoms with Crippen molar-refractivity contribution in [3.05, 3.63) is 33.1 Å². The number of ketones is 2. The molecule has 1 aromatic carbocycles. The number of Topliss-reactive ketones (excluding diaryl/α,β-unsaturated/α-hetero) is 2. The second-order valence-corrected chi connectivity index (χ2v) is 9.47. The first-order valence-electron chi connectivity index (χ1n) is 10.4. The Balaban J connectivity index is 2.09. The predicted octanol–water partition coefficient (Wildman–Crippen LogP) is 0.257. The second-order valence-electron chi connectivity index (χ2n) is 9.09. The molecule has 1 fully saturated rings. The van der Waals surface area contributed by atoms with Crippen LogP contribution in [0.25, 0.3) is 5.76 Å². The third-order valence-corrected chi connectivity index (χ3v) is 7.55. The average molecular weight is 494 g/mol. The minimum atomic E-state index is -2.90. The molecule has 3 aliphatic rings. The molecule has 12 heteroatoms. The van der Waals surface area contributed by atoms with E-state index >= 15 is 0 Å². The number of halogens is 1. The Morgan fingerprint density at radius 1 is 1.21 bits per heavy atom. The van der Waals surface area contributed by atoms with Gasteiger partial charge in [0.05, 0.1) is 28.1 Å². The number of hydrogen-bond donors (Lipinski definition) is 7. The number of nitrogen functional groups attached to an aromatic ring is 1. The number of amides is 1. The summed E-state index contributed by atoms with van der Waals surface area (Å²) in [4.78, 5) is 39.4. The Bertz CT molecular complexity index is 1250. The van der Waals surface area contributed by atoms with E-state index in [0.29, 0.717) is 11.3 Å². The zero-order chi connectivity index (χ0) is 25.6. The van der Waals surface area contributed by atoms with E-state index in [1.165, 1.54) is 0 Å². The largest absolute Gasteiger partial charge is 0.508 e. The summed E-state index contributed by atoms with van der Waals surface area (Å²) in [5.74, 6) is -9.63. The summed E-state index contributed by atoms with van der Waals surface area (Å²) in [7, 11) is 3.30. The molecule has 3 aliphatic carbocycles. The molecule has 182 valence electrons. The van der Waals surface area contributed by atoms with Crippen LogP contribution < -0.4 is 16.4 Å². The number of carbonyl (C=O) groups is 3. The molecule has 0 spiro atoms. The van der Waals surface area contributed by atoms with Crippen molar-refractivity contribution in [3.8, 4) is 5.75 Å². The van der Waals surface area contributed by atoms with Gasteiger partial charge in [0, 0.05) is 37.9 Å². The van der Waals surface area contributed by atoms with Crippen molar-refractivity contribution in [3.63, 3.8) is 0 Å². The highest BCUT2D eigenvalue weighted by molar-refractivity contribution is 6.36. The minimum absolute atomic E-state index is 0.00278. The Kier molecular flexibility index (Phi) is 5.16. The van der Waals surface area contributed by atoms with Gasteiger partial charge in [0.1, 0.15) is 17.1 Å². The predicted molar refractivity (Wildman–Crippen MR) is 121 cm³/mol. The lowest BCUT2D eigenvalue weighted by atomic mass is 9.55. The van der Waals surface area contributed by atoms with E-state index in [9.17, 15) is 39.9 Å². The zero-order valence-corrected chi connectivity index (χ0v) is 19.2. The van der Waals surface area contributed by atoms with E-state index in [1.807, 2.05) is 0 Å². The van der Waals surface area contributed by atoms with E-state index in [2.05, 4.69) is 0 Å². The van der Waals surface area contributed by atoms with E-state index < -0.39 is 81.8 Å². The number of anilines is 2. The van der Waals surface area contributed by atoms with Crippen LogP contribution in [0.2, 0.25) is 5.02 Å². The summed E-state index contributed by atoms with van der Waals surface area (Å²) in [6, 6.07) is 0. The van der Waals surface area contributed by atoms with Crippen molar-refractivity contribution >= 4 is 46.2 Å². The highest BCUT2D eigenvalue weighted by Gasteiger charge is 2.65. The molecule has 9 N–H and O–H groups in total. The summed E-state index contributed by atoms with van der Waals surface area (Å²) in [6.07, 6.45) is -2.28. The quantitative estimate of drug-likeness (QED) is 0.170. The minimum Gasteiger partial charge on any atom is -0.508 e. The number of rotatable bonds is 2. The Morgan fingerprint density at radius 2 is 1.79 bits per heavy atom. The number of fused-ring (bicyclic) bond motifs is 3. The summed E-state index contributed by atoms with van der Waals surface area (Å²) in [6.45, 7) is 1.62. The fourth-order valence-electron chi connectivity index (χ4n) is 5.60. The topological polar surface area (TPSA) is 208 Å². The normalized spacial score (nSPS) is 30.6. The summed E-state index contributed by atoms with van der Waals surface area (Å²) >= 11 is 6.38. The molecule has 0 heterocycles. The van der Waals surface area contributed by atoms with Gasteiger partial charge < -0.3 is 41.9 Å². The number of nitrogens with two attached hydrogens (primary N) is 2. The summed E-state index contributed by atoms with van der Waals surface area (Å²) in [5, 5.41) is 55.1. The summed E-state index contributed by atoms with van der Waals surface area (Å²) in [5.41, 5.74) is 6.93. The molecule has 34 heavy (non-hydrogen) atoms. The number of aromatic hydroxyl groups is 1. The van der Waals surface area contributed by atoms with Crippen LogP contribution in [0.1, 0.15) is 30.4 Å². The molecule has 11 nitrogen and oxygen atoms in total. The maximum absolute atomic E-state index is 13.6. The molecule has 0 saturated heterocycles. The van der Waals surface area contributed by atoms with Gasteiger partial charge in [0.2, 0.25) is 5.78 Å². The molecule has 0 aromatic heterocycles. The van der Waals surface area contributed by atoms with Crippen LogP contribution in [0.5, 0.6) is 5.75 Å². The van der Waals surface area contributed by atoms with Gasteiger partial charge in [-0.3, -0.25) is 14.4 Å². The van der Waals surface area contributed by atoms with Crippen LogP contribution in [-0.4, -0.2) is 68.8 Å². The van der Waals surface area contributed by atoms with Crippen LogP contribution in [0.15, 0.2) is 16.9 Å². The lowest BCUT2D eigenvalue weighted by Gasteiger charge is -2.50. The second kappa shape index (κ2) is 7.36. The van der Waals surface area contributed by atoms with Gasteiger partial charge in [0.15, 0.2) is 17.1 Å². The number of primary amides is 1. The molecule has 4 rings (SSSR count). The molecular formula is C22H24ClN3O8. The van der Waals surface area contributed by atoms with Crippen molar-refractivity contribution in [2.45, 2.75) is 31.0 Å². The third-order valence-electron chi connectivity index (χ3n) is 7.16. The van der Waals surface area contributed by atoms with Crippen LogP contribution in [0, 0.1) is 11.8 Å². The molecule has 0 radical (unpaired) electrons. The molecule has 5 atom stereocenters. The van der Waals surface area contributed by atoms with Crippen molar-refractivity contribution in [1.29, 1.82) is 0 Å². The molecule has 0 unspecified atom stereocenters. The number of benzene rings is 1.